The van der Waals surface area contributed by atoms with Gasteiger partial charge < -0.3 is 29.2 Å². The van der Waals surface area contributed by atoms with Gasteiger partial charge in [0.1, 0.15) is 17.5 Å². The van der Waals surface area contributed by atoms with Crippen LogP contribution in [0.15, 0.2) is 0 Å². The summed E-state index contributed by atoms with van der Waals surface area (Å²) in [5.74, 6) is 0.963. The molecule has 2 rings (SSSR count). The summed E-state index contributed by atoms with van der Waals surface area (Å²) in [6.45, 7) is 14.6. The molecule has 0 aromatic heterocycles. The van der Waals surface area contributed by atoms with E-state index in [-0.39, 0.29) is 18.8 Å². The summed E-state index contributed by atoms with van der Waals surface area (Å²) in [4.78, 5) is 37.7. The second kappa shape index (κ2) is 14.5. The van der Waals surface area contributed by atoms with Gasteiger partial charge in [-0.2, -0.15) is 0 Å². The molecule has 1 N–H and O–H groups in total. The first-order valence-electron chi connectivity index (χ1n) is 12.8. The lowest BCUT2D eigenvalue weighted by atomic mass is 9.94. The van der Waals surface area contributed by atoms with Crippen LogP contribution < -0.4 is 0 Å². The van der Waals surface area contributed by atoms with Crippen LogP contribution in [0.1, 0.15) is 92.9 Å². The van der Waals surface area contributed by atoms with E-state index < -0.39 is 11.2 Å². The minimum Gasteiger partial charge on any atom is -0.444 e. The molecule has 0 aromatic rings. The van der Waals surface area contributed by atoms with Crippen molar-refractivity contribution in [2.45, 2.75) is 104 Å². The standard InChI is InChI=1S/C13H25NO3.C13H23NO3/c2*1-13(2,3)17-12(16)14-8-4-6-11(10-14)7-5-9-15/h11,15H,4-10H2,1-3H3;9,11H,4-8,10H2,1-3H3. The summed E-state index contributed by atoms with van der Waals surface area (Å²) in [6.07, 6.45) is 8.11. The molecule has 2 saturated heterocycles. The number of nitrogens with zero attached hydrogens (tertiary/aromatic N) is 2. The van der Waals surface area contributed by atoms with Gasteiger partial charge in [0.2, 0.25) is 0 Å². The summed E-state index contributed by atoms with van der Waals surface area (Å²) in [5.41, 5.74) is -0.859. The first-order chi connectivity index (χ1) is 15.8. The average Bonchev–Trinajstić information content (AvgIpc) is 2.75. The van der Waals surface area contributed by atoms with Gasteiger partial charge in [-0.15, -0.1) is 0 Å². The largest absolute Gasteiger partial charge is 0.444 e. The smallest absolute Gasteiger partial charge is 0.410 e. The third kappa shape index (κ3) is 13.2. The van der Waals surface area contributed by atoms with Crippen LogP contribution in [0, 0.1) is 11.8 Å². The highest BCUT2D eigenvalue weighted by atomic mass is 16.6. The SMILES string of the molecule is CC(C)(C)OC(=O)N1CCCC(CCC=O)C1.CC(C)(C)OC(=O)N1CCCC(CCCO)C1. The molecule has 2 amide bonds. The molecule has 2 aliphatic rings. The van der Waals surface area contributed by atoms with Crippen LogP contribution in [0.5, 0.6) is 0 Å². The number of rotatable bonds is 6. The third-order valence-corrected chi connectivity index (χ3v) is 5.80. The topological polar surface area (TPSA) is 96.4 Å². The Hall–Kier alpha value is -1.83. The van der Waals surface area contributed by atoms with Crippen LogP contribution in [0.4, 0.5) is 9.59 Å². The van der Waals surface area contributed by atoms with Crippen LogP contribution in [-0.4, -0.2) is 77.4 Å². The third-order valence-electron chi connectivity index (χ3n) is 5.80. The highest BCUT2D eigenvalue weighted by Gasteiger charge is 2.28. The molecule has 0 saturated carbocycles. The molecular weight excluding hydrogens is 436 g/mol. The van der Waals surface area contributed by atoms with Crippen LogP contribution in [0.25, 0.3) is 0 Å². The van der Waals surface area contributed by atoms with E-state index in [0.29, 0.717) is 18.3 Å². The van der Waals surface area contributed by atoms with E-state index in [9.17, 15) is 14.4 Å². The normalized spacial score (nSPS) is 21.3. The molecule has 8 nitrogen and oxygen atoms in total. The van der Waals surface area contributed by atoms with Crippen molar-refractivity contribution in [2.75, 3.05) is 32.8 Å². The zero-order chi connectivity index (χ0) is 25.8. The highest BCUT2D eigenvalue weighted by molar-refractivity contribution is 5.68. The van der Waals surface area contributed by atoms with E-state index in [1.807, 2.05) is 41.5 Å². The average molecular weight is 485 g/mol. The van der Waals surface area contributed by atoms with Crippen molar-refractivity contribution in [1.82, 2.24) is 9.80 Å². The molecule has 2 unspecified atom stereocenters. The number of hydrogen-bond donors (Lipinski definition) is 1. The van der Waals surface area contributed by atoms with Crippen molar-refractivity contribution >= 4 is 18.5 Å². The Labute approximate surface area is 206 Å². The van der Waals surface area contributed by atoms with E-state index in [2.05, 4.69) is 0 Å². The number of carbonyl (C=O) groups excluding carboxylic acids is 3. The fourth-order valence-electron chi connectivity index (χ4n) is 4.27. The zero-order valence-electron chi connectivity index (χ0n) is 22.3. The second-order valence-corrected chi connectivity index (χ2v) is 11.5. The maximum absolute atomic E-state index is 11.9. The summed E-state index contributed by atoms with van der Waals surface area (Å²) in [5, 5.41) is 8.82. The Morgan fingerprint density at radius 2 is 1.29 bits per heavy atom. The minimum absolute atomic E-state index is 0.203. The summed E-state index contributed by atoms with van der Waals surface area (Å²) in [6, 6.07) is 0. The fourth-order valence-corrected chi connectivity index (χ4v) is 4.27. The van der Waals surface area contributed by atoms with Crippen LogP contribution >= 0.6 is 0 Å². The number of carbonyl (C=O) groups is 3. The Morgan fingerprint density at radius 3 is 1.68 bits per heavy atom. The van der Waals surface area contributed by atoms with Crippen LogP contribution in [-0.2, 0) is 14.3 Å². The number of aliphatic hydroxyl groups is 1. The van der Waals surface area contributed by atoms with E-state index >= 15 is 0 Å². The first-order valence-corrected chi connectivity index (χ1v) is 12.8. The van der Waals surface area contributed by atoms with Crippen molar-refractivity contribution in [3.05, 3.63) is 0 Å². The van der Waals surface area contributed by atoms with E-state index in [1.165, 1.54) is 0 Å². The lowest BCUT2D eigenvalue weighted by molar-refractivity contribution is -0.108. The van der Waals surface area contributed by atoms with Gasteiger partial charge in [-0.3, -0.25) is 0 Å². The van der Waals surface area contributed by atoms with Crippen LogP contribution in [0.2, 0.25) is 0 Å². The maximum Gasteiger partial charge on any atom is 0.410 e. The van der Waals surface area contributed by atoms with E-state index in [0.717, 1.165) is 77.4 Å². The van der Waals surface area contributed by atoms with Gasteiger partial charge in [-0.25, -0.2) is 9.59 Å². The number of hydrogen-bond acceptors (Lipinski definition) is 6. The van der Waals surface area contributed by atoms with Crippen molar-refractivity contribution < 1.29 is 29.0 Å². The number of likely N-dealkylation sites (tertiary alicyclic amines) is 2. The number of ether oxygens (including phenoxy) is 2. The van der Waals surface area contributed by atoms with Crippen LogP contribution in [0.3, 0.4) is 0 Å². The number of aliphatic hydroxyl groups excluding tert-OH is 1. The Balaban J connectivity index is 0.000000340. The molecule has 34 heavy (non-hydrogen) atoms. The van der Waals surface area contributed by atoms with Gasteiger partial charge >= 0.3 is 12.2 Å². The highest BCUT2D eigenvalue weighted by Crippen LogP contribution is 2.23. The fraction of sp³-hybridized carbons (Fsp3) is 0.885. The molecule has 0 bridgehead atoms. The number of amides is 2. The molecule has 2 heterocycles. The molecule has 2 atom stereocenters. The molecule has 2 aliphatic heterocycles. The van der Waals surface area contributed by atoms with Gasteiger partial charge in [0.15, 0.2) is 0 Å². The zero-order valence-corrected chi connectivity index (χ0v) is 22.3. The molecule has 0 spiro atoms. The van der Waals surface area contributed by atoms with E-state index in [1.54, 1.807) is 9.80 Å². The molecular formula is C26H48N2O6. The molecule has 0 aromatic carbocycles. The van der Waals surface area contributed by atoms with Crippen molar-refractivity contribution in [2.24, 2.45) is 11.8 Å². The molecule has 198 valence electrons. The molecule has 0 radical (unpaired) electrons. The number of aldehydes is 1. The lowest BCUT2D eigenvalue weighted by Crippen LogP contribution is -2.42. The second-order valence-electron chi connectivity index (χ2n) is 11.5. The lowest BCUT2D eigenvalue weighted by Gasteiger charge is -2.34. The van der Waals surface area contributed by atoms with Gasteiger partial charge in [-0.05, 0) is 98.3 Å². The van der Waals surface area contributed by atoms with Gasteiger partial charge in [0.05, 0.1) is 0 Å². The Kier molecular flexibility index (Phi) is 12.9. The quantitative estimate of drug-likeness (QED) is 0.532. The summed E-state index contributed by atoms with van der Waals surface area (Å²) in [7, 11) is 0. The molecule has 0 aliphatic carbocycles. The van der Waals surface area contributed by atoms with E-state index in [4.69, 9.17) is 14.6 Å². The predicted molar refractivity (Wildman–Crippen MR) is 133 cm³/mol. The van der Waals surface area contributed by atoms with Crippen molar-refractivity contribution in [3.63, 3.8) is 0 Å². The number of piperidine rings is 2. The van der Waals surface area contributed by atoms with Crippen molar-refractivity contribution in [3.8, 4) is 0 Å². The summed E-state index contributed by atoms with van der Waals surface area (Å²) < 4.78 is 10.7. The molecule has 8 heteroatoms. The maximum atomic E-state index is 11.9. The Bertz CT molecular complexity index is 626. The van der Waals surface area contributed by atoms with Gasteiger partial charge in [-0.1, -0.05) is 0 Å². The monoisotopic (exact) mass is 484 g/mol. The molecule has 2 fully saturated rings. The predicted octanol–water partition coefficient (Wildman–Crippen LogP) is 5.02. The Morgan fingerprint density at radius 1 is 0.853 bits per heavy atom. The summed E-state index contributed by atoms with van der Waals surface area (Å²) >= 11 is 0. The van der Waals surface area contributed by atoms with Gasteiger partial charge in [0, 0.05) is 39.2 Å². The van der Waals surface area contributed by atoms with Crippen molar-refractivity contribution in [1.29, 1.82) is 0 Å². The first kappa shape index (κ1) is 30.2. The van der Waals surface area contributed by atoms with Gasteiger partial charge in [0.25, 0.3) is 0 Å². The minimum atomic E-state index is -0.438.